The van der Waals surface area contributed by atoms with E-state index in [0.717, 1.165) is 50.7 Å². The largest absolute Gasteiger partial charge is 0.457 e. The molecule has 37 heavy (non-hydrogen) atoms. The number of nitrogens with zero attached hydrogens (tertiary/aromatic N) is 4. The number of aryl methyl sites for hydroxylation is 3. The molecule has 2 aromatic carbocycles. The van der Waals surface area contributed by atoms with Gasteiger partial charge in [0.15, 0.2) is 0 Å². The zero-order valence-electron chi connectivity index (χ0n) is 21.2. The van der Waals surface area contributed by atoms with E-state index in [-0.39, 0.29) is 0 Å². The average molecular weight is 555 g/mol. The van der Waals surface area contributed by atoms with E-state index in [1.807, 2.05) is 62.4 Å². The van der Waals surface area contributed by atoms with Crippen molar-refractivity contribution in [1.82, 2.24) is 13.7 Å². The van der Waals surface area contributed by atoms with Gasteiger partial charge in [-0.1, -0.05) is 29.8 Å². The van der Waals surface area contributed by atoms with Crippen molar-refractivity contribution in [1.29, 1.82) is 0 Å². The predicted molar refractivity (Wildman–Crippen MR) is 150 cm³/mol. The average Bonchev–Trinajstić information content (AvgIpc) is 3.38. The number of benzene rings is 2. The van der Waals surface area contributed by atoms with Crippen molar-refractivity contribution in [3.05, 3.63) is 81.3 Å². The third-order valence-corrected chi connectivity index (χ3v) is 10.3. The van der Waals surface area contributed by atoms with Gasteiger partial charge < -0.3 is 9.64 Å². The van der Waals surface area contributed by atoms with E-state index in [4.69, 9.17) is 9.72 Å². The molecule has 0 bridgehead atoms. The first-order valence-electron chi connectivity index (χ1n) is 12.3. The van der Waals surface area contributed by atoms with Gasteiger partial charge in [-0.15, -0.1) is 11.3 Å². The predicted octanol–water partition coefficient (Wildman–Crippen LogP) is 5.81. The summed E-state index contributed by atoms with van der Waals surface area (Å²) in [5.74, 6) is 2.37. The normalized spacial score (nSPS) is 15.1. The number of aromatic nitrogens is 2. The van der Waals surface area contributed by atoms with E-state index in [2.05, 4.69) is 16.2 Å². The molecule has 5 rings (SSSR count). The molecule has 1 aliphatic heterocycles. The highest BCUT2D eigenvalue weighted by Gasteiger charge is 2.30. The zero-order valence-corrected chi connectivity index (χ0v) is 23.6. The highest BCUT2D eigenvalue weighted by molar-refractivity contribution is 7.89. The van der Waals surface area contributed by atoms with Gasteiger partial charge in [-0.3, -0.25) is 0 Å². The van der Waals surface area contributed by atoms with Gasteiger partial charge >= 0.3 is 0 Å². The maximum Gasteiger partial charge on any atom is 0.244 e. The number of thiophene rings is 1. The molecule has 1 fully saturated rings. The molecule has 7 nitrogen and oxygen atoms in total. The van der Waals surface area contributed by atoms with Gasteiger partial charge in [0.1, 0.15) is 17.3 Å². The van der Waals surface area contributed by atoms with Gasteiger partial charge in [-0.2, -0.15) is 8.68 Å². The van der Waals surface area contributed by atoms with Crippen molar-refractivity contribution in [2.75, 3.05) is 31.1 Å². The van der Waals surface area contributed by atoms with E-state index in [0.29, 0.717) is 31.0 Å². The van der Waals surface area contributed by atoms with Crippen LogP contribution >= 0.6 is 22.9 Å². The first-order chi connectivity index (χ1) is 17.8. The quantitative estimate of drug-likeness (QED) is 0.287. The van der Waals surface area contributed by atoms with Crippen LogP contribution in [0.3, 0.4) is 0 Å². The number of sulfonamides is 1. The summed E-state index contributed by atoms with van der Waals surface area (Å²) >= 11 is 2.90. The van der Waals surface area contributed by atoms with Gasteiger partial charge in [-0.25, -0.2) is 13.4 Å². The van der Waals surface area contributed by atoms with Crippen LogP contribution in [-0.2, 0) is 16.4 Å². The van der Waals surface area contributed by atoms with E-state index < -0.39 is 10.0 Å². The van der Waals surface area contributed by atoms with Crippen molar-refractivity contribution in [3.8, 4) is 11.5 Å². The topological polar surface area (TPSA) is 75.6 Å². The fourth-order valence-corrected chi connectivity index (χ4v) is 8.10. The van der Waals surface area contributed by atoms with E-state index in [9.17, 15) is 8.42 Å². The molecule has 0 atom stereocenters. The first kappa shape index (κ1) is 25.8. The lowest BCUT2D eigenvalue weighted by Crippen LogP contribution is -2.35. The monoisotopic (exact) mass is 554 g/mol. The minimum Gasteiger partial charge on any atom is -0.457 e. The molecule has 3 heterocycles. The van der Waals surface area contributed by atoms with Crippen LogP contribution in [-0.4, -0.2) is 48.3 Å². The molecule has 0 saturated carbocycles. The maximum absolute atomic E-state index is 13.2. The molecule has 1 saturated heterocycles. The summed E-state index contributed by atoms with van der Waals surface area (Å²) in [6.07, 6.45) is 1.38. The molecule has 0 N–H and O–H groups in total. The summed E-state index contributed by atoms with van der Waals surface area (Å²) in [6, 6.07) is 17.8. The molecule has 0 aliphatic carbocycles. The Morgan fingerprint density at radius 2 is 1.62 bits per heavy atom. The zero-order chi connectivity index (χ0) is 26.0. The second-order valence-corrected chi connectivity index (χ2v) is 13.3. The molecular weight excluding hydrogens is 525 g/mol. The number of rotatable bonds is 7. The van der Waals surface area contributed by atoms with Crippen LogP contribution in [0.1, 0.15) is 33.1 Å². The Labute approximate surface area is 226 Å². The summed E-state index contributed by atoms with van der Waals surface area (Å²) in [6.45, 7) is 8.18. The van der Waals surface area contributed by atoms with Crippen LogP contribution in [0.15, 0.2) is 59.5 Å². The summed E-state index contributed by atoms with van der Waals surface area (Å²) < 4.78 is 38.6. The minimum atomic E-state index is -3.49. The number of anilines is 1. The second kappa shape index (κ2) is 10.9. The van der Waals surface area contributed by atoms with Crippen LogP contribution in [0.2, 0.25) is 0 Å². The molecular formula is C27H30N4O3S3. The summed E-state index contributed by atoms with van der Waals surface area (Å²) in [5.41, 5.74) is 2.30. The van der Waals surface area contributed by atoms with Crippen molar-refractivity contribution < 1.29 is 13.2 Å². The second-order valence-electron chi connectivity index (χ2n) is 9.25. The smallest absolute Gasteiger partial charge is 0.244 e. The van der Waals surface area contributed by atoms with E-state index in [1.165, 1.54) is 28.4 Å². The van der Waals surface area contributed by atoms with Crippen molar-refractivity contribution >= 4 is 38.0 Å². The Morgan fingerprint density at radius 1 is 0.919 bits per heavy atom. The van der Waals surface area contributed by atoms with Crippen LogP contribution in [0.5, 0.6) is 11.5 Å². The summed E-state index contributed by atoms with van der Waals surface area (Å²) in [4.78, 5) is 9.23. The van der Waals surface area contributed by atoms with Crippen LogP contribution in [0.25, 0.3) is 0 Å². The van der Waals surface area contributed by atoms with Gasteiger partial charge in [0.05, 0.1) is 4.90 Å². The molecule has 194 valence electrons. The Hall–Kier alpha value is -2.79. The minimum absolute atomic E-state index is 0.439. The lowest BCUT2D eigenvalue weighted by Gasteiger charge is -2.21. The number of hydrogen-bond acceptors (Lipinski definition) is 8. The standard InChI is InChI=1S/C27H30N4O3S3/c1-19-5-9-23(10-6-19)34-24-11-7-22(8-12-24)18-26-28-27(36-29-26)30-13-4-14-31(16-15-30)37(32,33)25-17-20(2)35-21(25)3/h5-12,17H,4,13-16,18H2,1-3H3. The Balaban J connectivity index is 1.20. The summed E-state index contributed by atoms with van der Waals surface area (Å²) in [7, 11) is -3.49. The van der Waals surface area contributed by atoms with Gasteiger partial charge in [0.2, 0.25) is 15.2 Å². The van der Waals surface area contributed by atoms with Crippen molar-refractivity contribution in [2.45, 2.75) is 38.5 Å². The first-order valence-corrected chi connectivity index (χ1v) is 15.3. The SMILES string of the molecule is Cc1ccc(Oc2ccc(Cc3nsc(N4CCCN(S(=O)(=O)c5cc(C)sc5C)CC4)n3)cc2)cc1. The molecule has 0 amide bonds. The fraction of sp³-hybridized carbons (Fsp3) is 0.333. The molecule has 10 heteroatoms. The van der Waals surface area contributed by atoms with Crippen LogP contribution in [0.4, 0.5) is 5.13 Å². The maximum atomic E-state index is 13.2. The molecule has 0 spiro atoms. The lowest BCUT2D eigenvalue weighted by molar-refractivity contribution is 0.433. The van der Waals surface area contributed by atoms with Gasteiger partial charge in [0.25, 0.3) is 0 Å². The lowest BCUT2D eigenvalue weighted by atomic mass is 10.1. The molecule has 2 aromatic heterocycles. The third-order valence-electron chi connectivity index (χ3n) is 6.34. The Morgan fingerprint density at radius 3 is 2.30 bits per heavy atom. The Bertz CT molecular complexity index is 1460. The molecule has 1 aliphatic rings. The number of ether oxygens (including phenoxy) is 1. The Kier molecular flexibility index (Phi) is 7.62. The molecule has 0 unspecified atom stereocenters. The molecule has 4 aromatic rings. The summed E-state index contributed by atoms with van der Waals surface area (Å²) in [5, 5.41) is 0.844. The van der Waals surface area contributed by atoms with Crippen LogP contribution < -0.4 is 9.64 Å². The van der Waals surface area contributed by atoms with Crippen molar-refractivity contribution in [3.63, 3.8) is 0 Å². The van der Waals surface area contributed by atoms with E-state index >= 15 is 0 Å². The molecule has 0 radical (unpaired) electrons. The highest BCUT2D eigenvalue weighted by atomic mass is 32.2. The van der Waals surface area contributed by atoms with Crippen molar-refractivity contribution in [2.24, 2.45) is 0 Å². The van der Waals surface area contributed by atoms with Gasteiger partial charge in [-0.05, 0) is 63.1 Å². The fourth-order valence-electron chi connectivity index (χ4n) is 4.37. The highest BCUT2D eigenvalue weighted by Crippen LogP contribution is 2.29. The third kappa shape index (κ3) is 6.04. The van der Waals surface area contributed by atoms with E-state index in [1.54, 1.807) is 10.4 Å². The number of hydrogen-bond donors (Lipinski definition) is 0. The van der Waals surface area contributed by atoms with Crippen LogP contribution in [0, 0.1) is 20.8 Å². The van der Waals surface area contributed by atoms with Gasteiger partial charge in [0, 0.05) is 53.9 Å².